The van der Waals surface area contributed by atoms with Crippen molar-refractivity contribution >= 4 is 0 Å². The second-order valence-corrected chi connectivity index (χ2v) is 5.11. The minimum Gasteiger partial charge on any atom is -0.390 e. The second kappa shape index (κ2) is 4.40. The number of likely N-dealkylation sites (N-methyl/N-ethyl adjacent to an activating group) is 1. The van der Waals surface area contributed by atoms with Crippen molar-refractivity contribution in [1.29, 1.82) is 0 Å². The predicted molar refractivity (Wildman–Crippen MR) is 54.7 cm³/mol. The summed E-state index contributed by atoms with van der Waals surface area (Å²) in [6.45, 7) is 8.59. The first-order valence-corrected chi connectivity index (χ1v) is 4.73. The van der Waals surface area contributed by atoms with Gasteiger partial charge in [0.05, 0.1) is 11.2 Å². The van der Waals surface area contributed by atoms with Gasteiger partial charge in [-0.25, -0.2) is 0 Å². The molecule has 2 N–H and O–H groups in total. The maximum atomic E-state index is 9.51. The fourth-order valence-electron chi connectivity index (χ4n) is 1.20. The molecule has 0 aliphatic heterocycles. The maximum Gasteiger partial charge on any atom is 0.0718 e. The van der Waals surface area contributed by atoms with E-state index in [9.17, 15) is 10.2 Å². The quantitative estimate of drug-likeness (QED) is 0.674. The highest BCUT2D eigenvalue weighted by Crippen LogP contribution is 2.09. The normalized spacial score (nSPS) is 13.8. The molecule has 0 spiro atoms. The summed E-state index contributed by atoms with van der Waals surface area (Å²) >= 11 is 0. The molecule has 3 heteroatoms. The summed E-state index contributed by atoms with van der Waals surface area (Å²) in [5, 5.41) is 19.0. The number of nitrogens with zero attached hydrogens (tertiary/aromatic N) is 1. The van der Waals surface area contributed by atoms with E-state index in [1.165, 1.54) is 0 Å². The number of hydrogen-bond acceptors (Lipinski definition) is 3. The molecule has 3 nitrogen and oxygen atoms in total. The smallest absolute Gasteiger partial charge is 0.0718 e. The minimum atomic E-state index is -0.658. The van der Waals surface area contributed by atoms with Crippen molar-refractivity contribution in [1.82, 2.24) is 4.90 Å². The van der Waals surface area contributed by atoms with Crippen LogP contribution in [0.3, 0.4) is 0 Å². The van der Waals surface area contributed by atoms with Gasteiger partial charge in [-0.05, 0) is 41.2 Å². The molecule has 0 aliphatic carbocycles. The Morgan fingerprint density at radius 3 is 1.77 bits per heavy atom. The van der Waals surface area contributed by atoms with Crippen LogP contribution >= 0.6 is 0 Å². The lowest BCUT2D eigenvalue weighted by Gasteiger charge is -2.27. The Kier molecular flexibility index (Phi) is 4.36. The van der Waals surface area contributed by atoms with Crippen LogP contribution in [0.4, 0.5) is 0 Å². The van der Waals surface area contributed by atoms with Gasteiger partial charge in [-0.15, -0.1) is 0 Å². The average Bonchev–Trinajstić information content (AvgIpc) is 1.78. The van der Waals surface area contributed by atoms with Crippen molar-refractivity contribution in [2.45, 2.75) is 45.3 Å². The molecule has 0 saturated carbocycles. The number of rotatable bonds is 5. The molecule has 0 aliphatic rings. The summed E-state index contributed by atoms with van der Waals surface area (Å²) in [4.78, 5) is 2.03. The van der Waals surface area contributed by atoms with Gasteiger partial charge < -0.3 is 15.1 Å². The SMILES string of the molecule is CN(CCC(C)(C)O)CC(C)(C)O. The maximum absolute atomic E-state index is 9.51. The first kappa shape index (κ1) is 12.9. The summed E-state index contributed by atoms with van der Waals surface area (Å²) in [5.41, 5.74) is -1.28. The Morgan fingerprint density at radius 1 is 1.00 bits per heavy atom. The Labute approximate surface area is 81.4 Å². The molecule has 0 saturated heterocycles. The van der Waals surface area contributed by atoms with Crippen LogP contribution in [0.1, 0.15) is 34.1 Å². The van der Waals surface area contributed by atoms with Gasteiger partial charge >= 0.3 is 0 Å². The molecule has 13 heavy (non-hydrogen) atoms. The zero-order valence-electron chi connectivity index (χ0n) is 9.46. The topological polar surface area (TPSA) is 43.7 Å². The van der Waals surface area contributed by atoms with Gasteiger partial charge in [0.2, 0.25) is 0 Å². The molecule has 0 aromatic heterocycles. The molecule has 0 amide bonds. The van der Waals surface area contributed by atoms with Crippen molar-refractivity contribution < 1.29 is 10.2 Å². The van der Waals surface area contributed by atoms with E-state index in [4.69, 9.17) is 0 Å². The van der Waals surface area contributed by atoms with Gasteiger partial charge in [0.1, 0.15) is 0 Å². The lowest BCUT2D eigenvalue weighted by Crippen LogP contribution is -2.38. The Hall–Kier alpha value is -0.120. The Morgan fingerprint density at radius 2 is 1.46 bits per heavy atom. The van der Waals surface area contributed by atoms with Crippen molar-refractivity contribution in [3.63, 3.8) is 0 Å². The van der Waals surface area contributed by atoms with Crippen molar-refractivity contribution in [2.24, 2.45) is 0 Å². The molecule has 80 valence electrons. The van der Waals surface area contributed by atoms with Crippen LogP contribution in [0.5, 0.6) is 0 Å². The third-order valence-electron chi connectivity index (χ3n) is 1.76. The van der Waals surface area contributed by atoms with Gasteiger partial charge in [-0.2, -0.15) is 0 Å². The summed E-state index contributed by atoms with van der Waals surface area (Å²) in [7, 11) is 1.95. The summed E-state index contributed by atoms with van der Waals surface area (Å²) in [6.07, 6.45) is 0.722. The molecule has 0 atom stereocenters. The Balaban J connectivity index is 3.70. The highest BCUT2D eigenvalue weighted by Gasteiger charge is 2.18. The van der Waals surface area contributed by atoms with Crippen molar-refractivity contribution in [3.05, 3.63) is 0 Å². The van der Waals surface area contributed by atoms with Crippen LogP contribution in [0, 0.1) is 0 Å². The van der Waals surface area contributed by atoms with E-state index in [2.05, 4.69) is 0 Å². The van der Waals surface area contributed by atoms with Gasteiger partial charge in [0.25, 0.3) is 0 Å². The van der Waals surface area contributed by atoms with Gasteiger partial charge in [-0.3, -0.25) is 0 Å². The molecular formula is C10H23NO2. The highest BCUT2D eigenvalue weighted by molar-refractivity contribution is 4.72. The van der Waals surface area contributed by atoms with Crippen LogP contribution < -0.4 is 0 Å². The largest absolute Gasteiger partial charge is 0.390 e. The van der Waals surface area contributed by atoms with Crippen molar-refractivity contribution in [2.75, 3.05) is 20.1 Å². The minimum absolute atomic E-state index is 0.617. The van der Waals surface area contributed by atoms with Crippen LogP contribution in [-0.4, -0.2) is 46.5 Å². The van der Waals surface area contributed by atoms with Crippen LogP contribution in [0.15, 0.2) is 0 Å². The van der Waals surface area contributed by atoms with Crippen LogP contribution in [0.2, 0.25) is 0 Å². The first-order valence-electron chi connectivity index (χ1n) is 4.73. The third-order valence-corrected chi connectivity index (χ3v) is 1.76. The molecule has 0 heterocycles. The molecule has 0 aromatic rings. The number of hydrogen-bond donors (Lipinski definition) is 2. The fraction of sp³-hybridized carbons (Fsp3) is 1.00. The molecule has 0 radical (unpaired) electrons. The second-order valence-electron chi connectivity index (χ2n) is 5.11. The van der Waals surface area contributed by atoms with E-state index in [1.54, 1.807) is 27.7 Å². The predicted octanol–water partition coefficient (Wildman–Crippen LogP) is 0.850. The molecule has 0 fully saturated rings. The standard InChI is InChI=1S/C10H23NO2/c1-9(2,12)6-7-11(5)8-10(3,4)13/h12-13H,6-8H2,1-5H3. The van der Waals surface area contributed by atoms with E-state index in [-0.39, 0.29) is 0 Å². The third kappa shape index (κ3) is 9.80. The summed E-state index contributed by atoms with van der Waals surface area (Å²) in [5.74, 6) is 0. The zero-order valence-corrected chi connectivity index (χ0v) is 9.46. The molecule has 0 aromatic carbocycles. The van der Waals surface area contributed by atoms with E-state index >= 15 is 0 Å². The molecule has 0 bridgehead atoms. The number of aliphatic hydroxyl groups is 2. The fourth-order valence-corrected chi connectivity index (χ4v) is 1.20. The van der Waals surface area contributed by atoms with Gasteiger partial charge in [0, 0.05) is 13.1 Å². The summed E-state index contributed by atoms with van der Waals surface area (Å²) < 4.78 is 0. The molecular weight excluding hydrogens is 166 g/mol. The summed E-state index contributed by atoms with van der Waals surface area (Å²) in [6, 6.07) is 0. The van der Waals surface area contributed by atoms with Crippen LogP contribution in [-0.2, 0) is 0 Å². The zero-order chi connectivity index (χ0) is 10.7. The highest BCUT2D eigenvalue weighted by atomic mass is 16.3. The Bertz CT molecular complexity index is 144. The molecule has 0 unspecified atom stereocenters. The van der Waals surface area contributed by atoms with Gasteiger partial charge in [-0.1, -0.05) is 0 Å². The van der Waals surface area contributed by atoms with E-state index in [0.29, 0.717) is 6.54 Å². The molecule has 0 rings (SSSR count). The van der Waals surface area contributed by atoms with E-state index in [0.717, 1.165) is 13.0 Å². The van der Waals surface area contributed by atoms with E-state index < -0.39 is 11.2 Å². The lowest BCUT2D eigenvalue weighted by molar-refractivity contribution is 0.0256. The van der Waals surface area contributed by atoms with Crippen molar-refractivity contribution in [3.8, 4) is 0 Å². The van der Waals surface area contributed by atoms with E-state index in [1.807, 2.05) is 11.9 Å². The lowest BCUT2D eigenvalue weighted by atomic mass is 10.0. The average molecular weight is 189 g/mol. The van der Waals surface area contributed by atoms with Crippen LogP contribution in [0.25, 0.3) is 0 Å². The van der Waals surface area contributed by atoms with Gasteiger partial charge in [0.15, 0.2) is 0 Å². The first-order chi connectivity index (χ1) is 5.60. The monoisotopic (exact) mass is 189 g/mol.